The van der Waals surface area contributed by atoms with Crippen LogP contribution in [0, 0.1) is 0 Å². The van der Waals surface area contributed by atoms with Gasteiger partial charge in [-0.1, -0.05) is 58.3 Å². The molecule has 0 aliphatic rings. The van der Waals surface area contributed by atoms with Crippen molar-refractivity contribution in [3.05, 3.63) is 24.2 Å². The van der Waals surface area contributed by atoms with E-state index in [1.807, 2.05) is 0 Å². The number of unbranched alkanes of at least 4 members (excludes halogenated alkanes) is 8. The molecule has 0 atom stereocenters. The Morgan fingerprint density at radius 1 is 1.14 bits per heavy atom. The molecule has 0 bridgehead atoms. The third kappa shape index (κ3) is 9.88. The van der Waals surface area contributed by atoms with Crippen molar-refractivity contribution in [2.75, 3.05) is 0 Å². The first kappa shape index (κ1) is 17.5. The van der Waals surface area contributed by atoms with Gasteiger partial charge in [0.15, 0.2) is 0 Å². The fourth-order valence-corrected chi connectivity index (χ4v) is 2.18. The molecule has 0 aliphatic carbocycles. The van der Waals surface area contributed by atoms with E-state index in [0.29, 0.717) is 12.2 Å². The van der Waals surface area contributed by atoms with Crippen LogP contribution >= 0.6 is 0 Å². The van der Waals surface area contributed by atoms with Crippen LogP contribution in [-0.2, 0) is 4.79 Å². The maximum atomic E-state index is 11.5. The number of hydrogen-bond acceptors (Lipinski definition) is 3. The van der Waals surface area contributed by atoms with Gasteiger partial charge in [0.2, 0.25) is 5.91 Å². The molecule has 0 saturated carbocycles. The first-order valence-electron chi connectivity index (χ1n) is 8.18. The number of rotatable bonds is 12. The highest BCUT2D eigenvalue weighted by molar-refractivity contribution is 5.80. The molecule has 1 amide bonds. The number of hydrazone groups is 1. The van der Waals surface area contributed by atoms with Crippen LogP contribution in [0.25, 0.3) is 0 Å². The number of amides is 1. The summed E-state index contributed by atoms with van der Waals surface area (Å²) in [4.78, 5) is 11.5. The van der Waals surface area contributed by atoms with Crippen molar-refractivity contribution >= 4 is 12.1 Å². The van der Waals surface area contributed by atoms with Gasteiger partial charge < -0.3 is 4.42 Å². The van der Waals surface area contributed by atoms with Crippen molar-refractivity contribution in [3.8, 4) is 0 Å². The minimum absolute atomic E-state index is 0.0271. The van der Waals surface area contributed by atoms with Crippen molar-refractivity contribution in [3.63, 3.8) is 0 Å². The summed E-state index contributed by atoms with van der Waals surface area (Å²) in [7, 11) is 0. The molecule has 0 radical (unpaired) electrons. The van der Waals surface area contributed by atoms with Crippen LogP contribution in [-0.4, -0.2) is 12.1 Å². The third-order valence-electron chi connectivity index (χ3n) is 3.43. The highest BCUT2D eigenvalue weighted by Crippen LogP contribution is 2.10. The summed E-state index contributed by atoms with van der Waals surface area (Å²) in [6, 6.07) is 3.57. The minimum Gasteiger partial charge on any atom is -0.463 e. The summed E-state index contributed by atoms with van der Waals surface area (Å²) in [6.45, 7) is 2.24. The van der Waals surface area contributed by atoms with Crippen molar-refractivity contribution in [1.29, 1.82) is 0 Å². The van der Waals surface area contributed by atoms with E-state index in [1.165, 1.54) is 51.2 Å². The lowest BCUT2D eigenvalue weighted by Crippen LogP contribution is -2.16. The van der Waals surface area contributed by atoms with E-state index in [9.17, 15) is 4.79 Å². The quantitative estimate of drug-likeness (QED) is 0.346. The Morgan fingerprint density at radius 2 is 1.81 bits per heavy atom. The van der Waals surface area contributed by atoms with Gasteiger partial charge in [-0.2, -0.15) is 5.10 Å². The molecule has 1 aromatic heterocycles. The van der Waals surface area contributed by atoms with Gasteiger partial charge in [-0.05, 0) is 18.6 Å². The Labute approximate surface area is 128 Å². The molecule has 0 saturated heterocycles. The molecule has 0 unspecified atom stereocenters. The van der Waals surface area contributed by atoms with Gasteiger partial charge >= 0.3 is 0 Å². The summed E-state index contributed by atoms with van der Waals surface area (Å²) < 4.78 is 5.08. The Hall–Kier alpha value is -1.58. The van der Waals surface area contributed by atoms with E-state index in [1.54, 1.807) is 18.4 Å². The maximum Gasteiger partial charge on any atom is 0.240 e. The van der Waals surface area contributed by atoms with Crippen LogP contribution in [0.4, 0.5) is 0 Å². The van der Waals surface area contributed by atoms with E-state index in [-0.39, 0.29) is 5.91 Å². The fraction of sp³-hybridized carbons (Fsp3) is 0.647. The van der Waals surface area contributed by atoms with E-state index in [2.05, 4.69) is 17.5 Å². The molecular weight excluding hydrogens is 264 g/mol. The zero-order valence-electron chi connectivity index (χ0n) is 13.1. The van der Waals surface area contributed by atoms with Crippen LogP contribution in [0.1, 0.15) is 76.9 Å². The monoisotopic (exact) mass is 292 g/mol. The zero-order chi connectivity index (χ0) is 15.2. The Kier molecular flexibility index (Phi) is 10.1. The lowest BCUT2D eigenvalue weighted by molar-refractivity contribution is -0.121. The topological polar surface area (TPSA) is 54.6 Å². The van der Waals surface area contributed by atoms with Gasteiger partial charge in [0.25, 0.3) is 0 Å². The molecule has 1 N–H and O–H groups in total. The summed E-state index contributed by atoms with van der Waals surface area (Å²) in [5.41, 5.74) is 2.52. The van der Waals surface area contributed by atoms with Crippen LogP contribution in [0.2, 0.25) is 0 Å². The largest absolute Gasteiger partial charge is 0.463 e. The molecule has 0 fully saturated rings. The Balaban J connectivity index is 1.89. The van der Waals surface area contributed by atoms with Crippen LogP contribution < -0.4 is 5.43 Å². The third-order valence-corrected chi connectivity index (χ3v) is 3.43. The molecule has 0 aliphatic heterocycles. The minimum atomic E-state index is -0.0271. The van der Waals surface area contributed by atoms with Crippen LogP contribution in [0.3, 0.4) is 0 Å². The average molecular weight is 292 g/mol. The molecule has 118 valence electrons. The fourth-order valence-electron chi connectivity index (χ4n) is 2.18. The smallest absolute Gasteiger partial charge is 0.240 e. The molecule has 1 rings (SSSR count). The van der Waals surface area contributed by atoms with E-state index < -0.39 is 0 Å². The van der Waals surface area contributed by atoms with Gasteiger partial charge in [-0.3, -0.25) is 4.79 Å². The SMILES string of the molecule is CCCCCCCCCCCC(=O)NN=Cc1ccco1. The number of furan rings is 1. The number of carbonyl (C=O) groups excluding carboxylic acids is 1. The first-order valence-corrected chi connectivity index (χ1v) is 8.18. The van der Waals surface area contributed by atoms with E-state index in [0.717, 1.165) is 12.8 Å². The molecular formula is C17H28N2O2. The van der Waals surface area contributed by atoms with Crippen LogP contribution in [0.5, 0.6) is 0 Å². The second kappa shape index (κ2) is 12.2. The molecule has 0 spiro atoms. The Morgan fingerprint density at radius 3 is 2.43 bits per heavy atom. The van der Waals surface area contributed by atoms with E-state index in [4.69, 9.17) is 4.42 Å². The van der Waals surface area contributed by atoms with Gasteiger partial charge in [0.1, 0.15) is 5.76 Å². The lowest BCUT2D eigenvalue weighted by Gasteiger charge is -2.02. The van der Waals surface area contributed by atoms with Gasteiger partial charge in [0, 0.05) is 6.42 Å². The normalized spacial score (nSPS) is 11.1. The van der Waals surface area contributed by atoms with Gasteiger partial charge in [0.05, 0.1) is 12.5 Å². The summed E-state index contributed by atoms with van der Waals surface area (Å²) >= 11 is 0. The van der Waals surface area contributed by atoms with E-state index >= 15 is 0 Å². The molecule has 0 aromatic carbocycles. The lowest BCUT2D eigenvalue weighted by atomic mass is 10.1. The standard InChI is InChI=1S/C17H28N2O2/c1-2-3-4-5-6-7-8-9-10-13-17(20)19-18-15-16-12-11-14-21-16/h11-12,14-15H,2-10,13H2,1H3,(H,19,20). The predicted molar refractivity (Wildman–Crippen MR) is 86.3 cm³/mol. The molecule has 1 heterocycles. The van der Waals surface area contributed by atoms with Gasteiger partial charge in [-0.25, -0.2) is 5.43 Å². The molecule has 4 nitrogen and oxygen atoms in total. The number of nitrogens with zero attached hydrogens (tertiary/aromatic N) is 1. The zero-order valence-corrected chi connectivity index (χ0v) is 13.1. The summed E-state index contributed by atoms with van der Waals surface area (Å²) in [5.74, 6) is 0.610. The maximum absolute atomic E-state index is 11.5. The second-order valence-corrected chi connectivity index (χ2v) is 5.39. The first-order chi connectivity index (χ1) is 10.3. The molecule has 4 heteroatoms. The van der Waals surface area contributed by atoms with Gasteiger partial charge in [-0.15, -0.1) is 0 Å². The van der Waals surface area contributed by atoms with Crippen molar-refractivity contribution in [2.24, 2.45) is 5.10 Å². The summed E-state index contributed by atoms with van der Waals surface area (Å²) in [5, 5.41) is 3.85. The second-order valence-electron chi connectivity index (χ2n) is 5.39. The number of hydrogen-bond donors (Lipinski definition) is 1. The summed E-state index contributed by atoms with van der Waals surface area (Å²) in [6.07, 6.45) is 14.9. The number of nitrogens with one attached hydrogen (secondary N) is 1. The predicted octanol–water partition coefficient (Wildman–Crippen LogP) is 4.65. The average Bonchev–Trinajstić information content (AvgIpc) is 2.99. The molecule has 21 heavy (non-hydrogen) atoms. The molecule has 1 aromatic rings. The Bertz CT molecular complexity index is 386. The highest BCUT2D eigenvalue weighted by Gasteiger charge is 1.99. The van der Waals surface area contributed by atoms with Crippen molar-refractivity contribution in [1.82, 2.24) is 5.43 Å². The van der Waals surface area contributed by atoms with Crippen molar-refractivity contribution < 1.29 is 9.21 Å². The van der Waals surface area contributed by atoms with Crippen molar-refractivity contribution in [2.45, 2.75) is 71.1 Å². The number of carbonyl (C=O) groups is 1. The highest BCUT2D eigenvalue weighted by atomic mass is 16.3. The van der Waals surface area contributed by atoms with Crippen LogP contribution in [0.15, 0.2) is 27.9 Å².